The third-order valence-electron chi connectivity index (χ3n) is 4.66. The molecular weight excluding hydrogens is 337 g/mol. The van der Waals surface area contributed by atoms with Crippen molar-refractivity contribution in [3.8, 4) is 0 Å². The van der Waals surface area contributed by atoms with Gasteiger partial charge in [0, 0.05) is 5.56 Å². The summed E-state index contributed by atoms with van der Waals surface area (Å²) in [6.45, 7) is -0.774. The second-order valence-electron chi connectivity index (χ2n) is 6.12. The summed E-state index contributed by atoms with van der Waals surface area (Å²) in [5.41, 5.74) is 0.0697. The molecular formula is C17H17ClFNO4. The lowest BCUT2D eigenvalue weighted by atomic mass is 9.81. The van der Waals surface area contributed by atoms with Gasteiger partial charge >= 0.3 is 5.97 Å². The fourth-order valence-electron chi connectivity index (χ4n) is 3.38. The first-order valence-corrected chi connectivity index (χ1v) is 8.30. The van der Waals surface area contributed by atoms with Crippen LogP contribution in [-0.4, -0.2) is 29.2 Å². The number of carbonyl (C=O) groups is 3. The number of ether oxygens (including phenoxy) is 1. The molecule has 128 valence electrons. The average Bonchev–Trinajstić information content (AvgIpc) is 2.80. The Morgan fingerprint density at radius 2 is 1.83 bits per heavy atom. The normalized spacial score (nSPS) is 23.3. The maximum absolute atomic E-state index is 13.6. The molecule has 0 N–H and O–H groups in total. The van der Waals surface area contributed by atoms with Gasteiger partial charge in [-0.25, -0.2) is 4.39 Å². The number of rotatable bonds is 4. The average molecular weight is 354 g/mol. The first-order chi connectivity index (χ1) is 11.5. The molecule has 2 atom stereocenters. The number of nitrogens with zero attached hydrogens (tertiary/aromatic N) is 1. The van der Waals surface area contributed by atoms with Crippen molar-refractivity contribution in [2.45, 2.75) is 32.3 Å². The van der Waals surface area contributed by atoms with Crippen molar-refractivity contribution in [1.82, 2.24) is 4.90 Å². The predicted octanol–water partition coefficient (Wildman–Crippen LogP) is 2.70. The third-order valence-corrected chi connectivity index (χ3v) is 5.01. The number of carbonyl (C=O) groups excluding carboxylic acids is 3. The molecule has 1 aromatic carbocycles. The van der Waals surface area contributed by atoms with Gasteiger partial charge in [0.25, 0.3) is 0 Å². The minimum absolute atomic E-state index is 0.0697. The van der Waals surface area contributed by atoms with Crippen LogP contribution < -0.4 is 0 Å². The highest BCUT2D eigenvalue weighted by Crippen LogP contribution is 2.37. The van der Waals surface area contributed by atoms with Gasteiger partial charge < -0.3 is 4.74 Å². The Bertz CT molecular complexity index is 649. The number of benzene rings is 1. The van der Waals surface area contributed by atoms with Gasteiger partial charge in [-0.15, -0.1) is 0 Å². The van der Waals surface area contributed by atoms with Crippen molar-refractivity contribution in [1.29, 1.82) is 0 Å². The minimum Gasteiger partial charge on any atom is -0.459 e. The van der Waals surface area contributed by atoms with E-state index in [2.05, 4.69) is 0 Å². The van der Waals surface area contributed by atoms with Crippen LogP contribution in [0.15, 0.2) is 18.2 Å². The second-order valence-corrected chi connectivity index (χ2v) is 6.53. The number of fused-ring (bicyclic) bond motifs is 1. The van der Waals surface area contributed by atoms with E-state index < -0.39 is 18.3 Å². The summed E-state index contributed by atoms with van der Waals surface area (Å²) < 4.78 is 18.6. The van der Waals surface area contributed by atoms with E-state index in [1.165, 1.54) is 18.2 Å². The highest BCUT2D eigenvalue weighted by Gasteiger charge is 2.48. The number of esters is 1. The zero-order chi connectivity index (χ0) is 17.3. The molecule has 2 fully saturated rings. The largest absolute Gasteiger partial charge is 0.459 e. The van der Waals surface area contributed by atoms with Crippen LogP contribution >= 0.6 is 11.6 Å². The van der Waals surface area contributed by atoms with Crippen LogP contribution in [0.1, 0.15) is 31.2 Å². The molecule has 0 spiro atoms. The van der Waals surface area contributed by atoms with Crippen LogP contribution in [0.2, 0.25) is 5.02 Å². The first kappa shape index (κ1) is 16.9. The summed E-state index contributed by atoms with van der Waals surface area (Å²) in [5, 5.41) is 0.155. The maximum atomic E-state index is 13.6. The van der Waals surface area contributed by atoms with Crippen LogP contribution in [-0.2, 0) is 25.7 Å². The molecule has 0 unspecified atom stereocenters. The Labute approximate surface area is 143 Å². The van der Waals surface area contributed by atoms with E-state index in [0.717, 1.165) is 17.7 Å². The zero-order valence-corrected chi connectivity index (χ0v) is 13.7. The zero-order valence-electron chi connectivity index (χ0n) is 13.0. The molecule has 1 aliphatic carbocycles. The van der Waals surface area contributed by atoms with E-state index in [4.69, 9.17) is 16.3 Å². The molecule has 1 aromatic rings. The topological polar surface area (TPSA) is 63.7 Å². The van der Waals surface area contributed by atoms with E-state index in [9.17, 15) is 18.8 Å². The molecule has 7 heteroatoms. The Morgan fingerprint density at radius 3 is 2.42 bits per heavy atom. The minimum atomic E-state index is -0.755. The summed E-state index contributed by atoms with van der Waals surface area (Å²) in [6.07, 6.45) is 3.21. The molecule has 5 nitrogen and oxygen atoms in total. The SMILES string of the molecule is O=C(CN1C(=O)[C@H]2CCCC[C@@H]2C1=O)OCc1c(F)cccc1Cl. The Morgan fingerprint density at radius 1 is 1.21 bits per heavy atom. The van der Waals surface area contributed by atoms with Crippen molar-refractivity contribution in [2.24, 2.45) is 11.8 Å². The molecule has 24 heavy (non-hydrogen) atoms. The van der Waals surface area contributed by atoms with Crippen molar-refractivity contribution in [2.75, 3.05) is 6.54 Å². The lowest BCUT2D eigenvalue weighted by Crippen LogP contribution is -2.36. The van der Waals surface area contributed by atoms with Crippen LogP contribution in [0.25, 0.3) is 0 Å². The van der Waals surface area contributed by atoms with Gasteiger partial charge in [-0.05, 0) is 25.0 Å². The maximum Gasteiger partial charge on any atom is 0.326 e. The molecule has 3 rings (SSSR count). The van der Waals surface area contributed by atoms with Crippen molar-refractivity contribution >= 4 is 29.4 Å². The van der Waals surface area contributed by atoms with Gasteiger partial charge in [-0.3, -0.25) is 19.3 Å². The van der Waals surface area contributed by atoms with Gasteiger partial charge in [0.05, 0.1) is 16.9 Å². The van der Waals surface area contributed by atoms with Crippen molar-refractivity contribution in [3.63, 3.8) is 0 Å². The summed E-state index contributed by atoms with van der Waals surface area (Å²) >= 11 is 5.86. The lowest BCUT2D eigenvalue weighted by Gasteiger charge is -2.19. The van der Waals surface area contributed by atoms with Gasteiger partial charge in [-0.2, -0.15) is 0 Å². The van der Waals surface area contributed by atoms with Crippen LogP contribution in [0.5, 0.6) is 0 Å². The van der Waals surface area contributed by atoms with Gasteiger partial charge in [0.2, 0.25) is 11.8 Å². The van der Waals surface area contributed by atoms with E-state index in [1.807, 2.05) is 0 Å². The summed E-state index contributed by atoms with van der Waals surface area (Å²) in [6, 6.07) is 4.16. The fourth-order valence-corrected chi connectivity index (χ4v) is 3.60. The molecule has 1 saturated heterocycles. The molecule has 2 aliphatic rings. The standard InChI is InChI=1S/C17H17ClFNO4/c18-13-6-3-7-14(19)12(13)9-24-15(21)8-20-16(22)10-4-1-2-5-11(10)17(20)23/h3,6-7,10-11H,1-2,4-5,8-9H2/t10-,11-/m0/s1. The number of imide groups is 1. The first-order valence-electron chi connectivity index (χ1n) is 7.92. The van der Waals surface area contributed by atoms with Crippen LogP contribution in [0.3, 0.4) is 0 Å². The molecule has 0 bridgehead atoms. The number of amides is 2. The summed E-state index contributed by atoms with van der Waals surface area (Å²) in [5.74, 6) is -2.54. The molecule has 0 aromatic heterocycles. The molecule has 1 saturated carbocycles. The molecule has 1 aliphatic heterocycles. The van der Waals surface area contributed by atoms with Gasteiger partial charge in [0.1, 0.15) is 19.0 Å². The monoisotopic (exact) mass is 353 g/mol. The van der Waals surface area contributed by atoms with E-state index in [-0.39, 0.29) is 40.8 Å². The van der Waals surface area contributed by atoms with Crippen molar-refractivity contribution in [3.05, 3.63) is 34.6 Å². The second kappa shape index (κ2) is 6.89. The van der Waals surface area contributed by atoms with Gasteiger partial charge in [0.15, 0.2) is 0 Å². The molecule has 2 amide bonds. The smallest absolute Gasteiger partial charge is 0.326 e. The molecule has 1 heterocycles. The van der Waals surface area contributed by atoms with Crippen LogP contribution in [0, 0.1) is 17.7 Å². The fraction of sp³-hybridized carbons (Fsp3) is 0.471. The Hall–Kier alpha value is -1.95. The van der Waals surface area contributed by atoms with Gasteiger partial charge in [-0.1, -0.05) is 30.5 Å². The number of likely N-dealkylation sites (tertiary alicyclic amines) is 1. The number of hydrogen-bond acceptors (Lipinski definition) is 4. The van der Waals surface area contributed by atoms with Crippen LogP contribution in [0.4, 0.5) is 4.39 Å². The third kappa shape index (κ3) is 3.15. The molecule has 0 radical (unpaired) electrons. The highest BCUT2D eigenvalue weighted by atomic mass is 35.5. The Kier molecular flexibility index (Phi) is 4.85. The van der Waals surface area contributed by atoms with E-state index in [1.54, 1.807) is 0 Å². The lowest BCUT2D eigenvalue weighted by molar-refractivity contribution is -0.153. The number of halogens is 2. The quantitative estimate of drug-likeness (QED) is 0.616. The predicted molar refractivity (Wildman–Crippen MR) is 83.4 cm³/mol. The summed E-state index contributed by atoms with van der Waals surface area (Å²) in [7, 11) is 0. The van der Waals surface area contributed by atoms with E-state index >= 15 is 0 Å². The highest BCUT2D eigenvalue weighted by molar-refractivity contribution is 6.31. The summed E-state index contributed by atoms with van der Waals surface area (Å²) in [4.78, 5) is 37.5. The van der Waals surface area contributed by atoms with E-state index in [0.29, 0.717) is 12.8 Å². The Balaban J connectivity index is 1.61. The van der Waals surface area contributed by atoms with Crippen molar-refractivity contribution < 1.29 is 23.5 Å². The number of hydrogen-bond donors (Lipinski definition) is 0.